The van der Waals surface area contributed by atoms with Gasteiger partial charge in [0.1, 0.15) is 5.75 Å². The lowest BCUT2D eigenvalue weighted by atomic mass is 10.2. The van der Waals surface area contributed by atoms with Gasteiger partial charge in [-0.15, -0.1) is 0 Å². The minimum atomic E-state index is -3.47. The fourth-order valence-corrected chi connectivity index (χ4v) is 2.97. The van der Waals surface area contributed by atoms with E-state index in [-0.39, 0.29) is 4.90 Å². The summed E-state index contributed by atoms with van der Waals surface area (Å²) in [5.41, 5.74) is 1.10. The Kier molecular flexibility index (Phi) is 5.36. The van der Waals surface area contributed by atoms with Crippen molar-refractivity contribution in [3.8, 4) is 5.75 Å². The molecule has 2 aromatic rings. The minimum Gasteiger partial charge on any atom is -0.494 e. The van der Waals surface area contributed by atoms with Crippen LogP contribution in [0.1, 0.15) is 12.5 Å². The number of rotatable bonds is 7. The molecule has 0 saturated carbocycles. The second kappa shape index (κ2) is 7.24. The Bertz CT molecular complexity index is 652. The van der Waals surface area contributed by atoms with Gasteiger partial charge in [0.25, 0.3) is 0 Å². The molecule has 0 heterocycles. The van der Waals surface area contributed by atoms with Crippen LogP contribution in [0.2, 0.25) is 0 Å². The maximum Gasteiger partial charge on any atom is 0.240 e. The molecule has 112 valence electrons. The summed E-state index contributed by atoms with van der Waals surface area (Å²) in [5, 5.41) is 0. The quantitative estimate of drug-likeness (QED) is 0.855. The summed E-state index contributed by atoms with van der Waals surface area (Å²) in [6.07, 6.45) is 0.664. The number of benzene rings is 2. The van der Waals surface area contributed by atoms with Crippen molar-refractivity contribution in [2.45, 2.75) is 18.2 Å². The Balaban J connectivity index is 1.95. The standard InChI is InChI=1S/C16H19NO3S/c1-2-20-15-8-10-16(11-9-15)21(18,19)17-13-12-14-6-4-3-5-7-14/h3-11,17H,2,12-13H2,1H3. The molecule has 0 spiro atoms. The molecule has 0 saturated heterocycles. The summed E-state index contributed by atoms with van der Waals surface area (Å²) in [6.45, 7) is 2.82. The first-order chi connectivity index (χ1) is 10.1. The van der Waals surface area contributed by atoms with Crippen LogP contribution in [0.25, 0.3) is 0 Å². The topological polar surface area (TPSA) is 55.4 Å². The van der Waals surface area contributed by atoms with Crippen molar-refractivity contribution in [2.24, 2.45) is 0 Å². The summed E-state index contributed by atoms with van der Waals surface area (Å²) in [4.78, 5) is 0.249. The zero-order chi connectivity index (χ0) is 15.1. The third kappa shape index (κ3) is 4.58. The van der Waals surface area contributed by atoms with Gasteiger partial charge in [-0.05, 0) is 43.2 Å². The second-order valence-corrected chi connectivity index (χ2v) is 6.30. The van der Waals surface area contributed by atoms with E-state index in [2.05, 4.69) is 4.72 Å². The van der Waals surface area contributed by atoms with Crippen LogP contribution in [0.15, 0.2) is 59.5 Å². The molecule has 0 aliphatic heterocycles. The normalized spacial score (nSPS) is 11.3. The summed E-state index contributed by atoms with van der Waals surface area (Å²) < 4.78 is 32.2. The highest BCUT2D eigenvalue weighted by molar-refractivity contribution is 7.89. The zero-order valence-electron chi connectivity index (χ0n) is 12.0. The van der Waals surface area contributed by atoms with E-state index in [1.807, 2.05) is 37.3 Å². The molecule has 2 aromatic carbocycles. The SMILES string of the molecule is CCOc1ccc(S(=O)(=O)NCCc2ccccc2)cc1. The predicted octanol–water partition coefficient (Wildman–Crippen LogP) is 2.61. The van der Waals surface area contributed by atoms with Crippen LogP contribution in [0.4, 0.5) is 0 Å². The molecule has 0 radical (unpaired) electrons. The Labute approximate surface area is 125 Å². The van der Waals surface area contributed by atoms with Crippen molar-refractivity contribution < 1.29 is 13.2 Å². The Morgan fingerprint density at radius 1 is 1.00 bits per heavy atom. The van der Waals surface area contributed by atoms with Crippen LogP contribution in [0.3, 0.4) is 0 Å². The van der Waals surface area contributed by atoms with E-state index in [1.54, 1.807) is 24.3 Å². The fourth-order valence-electron chi connectivity index (χ4n) is 1.94. The van der Waals surface area contributed by atoms with E-state index in [0.29, 0.717) is 25.3 Å². The number of nitrogens with one attached hydrogen (secondary N) is 1. The van der Waals surface area contributed by atoms with Gasteiger partial charge < -0.3 is 4.74 Å². The largest absolute Gasteiger partial charge is 0.494 e. The number of ether oxygens (including phenoxy) is 1. The van der Waals surface area contributed by atoms with Crippen molar-refractivity contribution in [1.29, 1.82) is 0 Å². The molecule has 0 unspecified atom stereocenters. The van der Waals surface area contributed by atoms with E-state index >= 15 is 0 Å². The molecule has 0 fully saturated rings. The average Bonchev–Trinajstić information content (AvgIpc) is 2.49. The van der Waals surface area contributed by atoms with Crippen molar-refractivity contribution in [2.75, 3.05) is 13.2 Å². The molecule has 0 bridgehead atoms. The first kappa shape index (κ1) is 15.5. The number of hydrogen-bond acceptors (Lipinski definition) is 3. The second-order valence-electron chi connectivity index (χ2n) is 4.54. The molecular formula is C16H19NO3S. The lowest BCUT2D eigenvalue weighted by Crippen LogP contribution is -2.25. The van der Waals surface area contributed by atoms with E-state index in [1.165, 1.54) is 0 Å². The maximum atomic E-state index is 12.1. The van der Waals surface area contributed by atoms with E-state index < -0.39 is 10.0 Å². The van der Waals surface area contributed by atoms with Crippen molar-refractivity contribution >= 4 is 10.0 Å². The molecule has 0 amide bonds. The smallest absolute Gasteiger partial charge is 0.240 e. The third-order valence-electron chi connectivity index (χ3n) is 2.99. The monoisotopic (exact) mass is 305 g/mol. The summed E-state index contributed by atoms with van der Waals surface area (Å²) in [5.74, 6) is 0.667. The molecule has 5 heteroatoms. The van der Waals surface area contributed by atoms with Crippen LogP contribution in [-0.4, -0.2) is 21.6 Å². The van der Waals surface area contributed by atoms with E-state index in [4.69, 9.17) is 4.74 Å². The lowest BCUT2D eigenvalue weighted by molar-refractivity contribution is 0.340. The van der Waals surface area contributed by atoms with Gasteiger partial charge in [0.2, 0.25) is 10.0 Å². The minimum absolute atomic E-state index is 0.249. The Hall–Kier alpha value is -1.85. The lowest BCUT2D eigenvalue weighted by Gasteiger charge is -2.08. The van der Waals surface area contributed by atoms with Gasteiger partial charge in [-0.3, -0.25) is 0 Å². The van der Waals surface area contributed by atoms with Gasteiger partial charge >= 0.3 is 0 Å². The highest BCUT2D eigenvalue weighted by Gasteiger charge is 2.13. The number of sulfonamides is 1. The van der Waals surface area contributed by atoms with Crippen LogP contribution < -0.4 is 9.46 Å². The van der Waals surface area contributed by atoms with Crippen molar-refractivity contribution in [3.63, 3.8) is 0 Å². The predicted molar refractivity (Wildman–Crippen MR) is 82.9 cm³/mol. The first-order valence-electron chi connectivity index (χ1n) is 6.88. The molecule has 1 N–H and O–H groups in total. The summed E-state index contributed by atoms with van der Waals surface area (Å²) in [6, 6.07) is 16.2. The Morgan fingerprint density at radius 3 is 2.29 bits per heavy atom. The van der Waals surface area contributed by atoms with Gasteiger partial charge in [-0.25, -0.2) is 13.1 Å². The van der Waals surface area contributed by atoms with Gasteiger partial charge in [0.15, 0.2) is 0 Å². The van der Waals surface area contributed by atoms with Gasteiger partial charge in [0, 0.05) is 6.54 Å². The zero-order valence-corrected chi connectivity index (χ0v) is 12.8. The maximum absolute atomic E-state index is 12.1. The van der Waals surface area contributed by atoms with Gasteiger partial charge in [-0.2, -0.15) is 0 Å². The molecule has 0 aliphatic carbocycles. The first-order valence-corrected chi connectivity index (χ1v) is 8.36. The van der Waals surface area contributed by atoms with Crippen LogP contribution >= 0.6 is 0 Å². The van der Waals surface area contributed by atoms with Gasteiger partial charge in [0.05, 0.1) is 11.5 Å². The van der Waals surface area contributed by atoms with Crippen LogP contribution in [0.5, 0.6) is 5.75 Å². The van der Waals surface area contributed by atoms with Crippen LogP contribution in [0, 0.1) is 0 Å². The number of hydrogen-bond donors (Lipinski definition) is 1. The Morgan fingerprint density at radius 2 is 1.67 bits per heavy atom. The van der Waals surface area contributed by atoms with Gasteiger partial charge in [-0.1, -0.05) is 30.3 Å². The molecule has 0 aliphatic rings. The van der Waals surface area contributed by atoms with Crippen molar-refractivity contribution in [1.82, 2.24) is 4.72 Å². The molecule has 4 nitrogen and oxygen atoms in total. The van der Waals surface area contributed by atoms with Crippen molar-refractivity contribution in [3.05, 3.63) is 60.2 Å². The summed E-state index contributed by atoms with van der Waals surface area (Å²) in [7, 11) is -3.47. The highest BCUT2D eigenvalue weighted by atomic mass is 32.2. The molecule has 2 rings (SSSR count). The fraction of sp³-hybridized carbons (Fsp3) is 0.250. The third-order valence-corrected chi connectivity index (χ3v) is 4.47. The molecular weight excluding hydrogens is 286 g/mol. The summed E-state index contributed by atoms with van der Waals surface area (Å²) >= 11 is 0. The van der Waals surface area contributed by atoms with E-state index in [0.717, 1.165) is 5.56 Å². The molecule has 0 atom stereocenters. The average molecular weight is 305 g/mol. The van der Waals surface area contributed by atoms with Crippen LogP contribution in [-0.2, 0) is 16.4 Å². The van der Waals surface area contributed by atoms with E-state index in [9.17, 15) is 8.42 Å². The highest BCUT2D eigenvalue weighted by Crippen LogP contribution is 2.15. The molecule has 0 aromatic heterocycles. The molecule has 21 heavy (non-hydrogen) atoms.